The van der Waals surface area contributed by atoms with Crippen LogP contribution in [0.3, 0.4) is 0 Å². The average molecular weight is 408 g/mol. The highest BCUT2D eigenvalue weighted by Crippen LogP contribution is 2.33. The van der Waals surface area contributed by atoms with Crippen LogP contribution in [0.2, 0.25) is 5.02 Å². The molecule has 1 aromatic carbocycles. The van der Waals surface area contributed by atoms with Gasteiger partial charge in [-0.3, -0.25) is 4.98 Å². The minimum absolute atomic E-state index is 0.420. The number of aromatic nitrogens is 3. The molecule has 4 rings (SSSR count). The fraction of sp³-hybridized carbons (Fsp3) is 0.348. The third-order valence-corrected chi connectivity index (χ3v) is 5.53. The van der Waals surface area contributed by atoms with E-state index in [1.807, 2.05) is 42.6 Å². The van der Waals surface area contributed by atoms with E-state index in [2.05, 4.69) is 29.0 Å². The normalized spacial score (nSPS) is 16.6. The van der Waals surface area contributed by atoms with Crippen LogP contribution in [0.25, 0.3) is 22.4 Å². The molecule has 1 aliphatic heterocycles. The number of nitrogens with one attached hydrogen (secondary N) is 1. The van der Waals surface area contributed by atoms with E-state index in [-0.39, 0.29) is 0 Å². The fourth-order valence-electron chi connectivity index (χ4n) is 3.76. The second-order valence-electron chi connectivity index (χ2n) is 7.73. The minimum Gasteiger partial charge on any atom is -0.337 e. The average Bonchev–Trinajstić information content (AvgIpc) is 3.22. The van der Waals surface area contributed by atoms with Gasteiger partial charge in [-0.05, 0) is 42.7 Å². The Balaban J connectivity index is 1.73. The van der Waals surface area contributed by atoms with E-state index >= 15 is 0 Å². The number of halogens is 1. The highest BCUT2D eigenvalue weighted by atomic mass is 35.5. The molecular weight excluding hydrogens is 382 g/mol. The summed E-state index contributed by atoms with van der Waals surface area (Å²) in [6.07, 6.45) is 7.86. The number of rotatable bonds is 6. The van der Waals surface area contributed by atoms with Crippen LogP contribution in [0.5, 0.6) is 0 Å². The van der Waals surface area contributed by atoms with Gasteiger partial charge in [-0.25, -0.2) is 9.97 Å². The molecule has 1 N–H and O–H groups in total. The summed E-state index contributed by atoms with van der Waals surface area (Å²) < 4.78 is 0. The molecule has 1 fully saturated rings. The van der Waals surface area contributed by atoms with Crippen LogP contribution in [0.1, 0.15) is 26.7 Å². The monoisotopic (exact) mass is 407 g/mol. The zero-order valence-corrected chi connectivity index (χ0v) is 17.6. The Morgan fingerprint density at radius 1 is 1.10 bits per heavy atom. The molecule has 0 spiro atoms. The van der Waals surface area contributed by atoms with E-state index < -0.39 is 0 Å². The van der Waals surface area contributed by atoms with Crippen molar-refractivity contribution in [3.05, 3.63) is 60.0 Å². The highest BCUT2D eigenvalue weighted by Gasteiger charge is 2.27. The fourth-order valence-corrected chi connectivity index (χ4v) is 3.89. The summed E-state index contributed by atoms with van der Waals surface area (Å²) in [6, 6.07) is 12.7. The lowest BCUT2D eigenvalue weighted by atomic mass is 10.0. The molecule has 2 aromatic heterocycles. The summed E-state index contributed by atoms with van der Waals surface area (Å²) in [6.45, 7) is 6.29. The second-order valence-corrected chi connectivity index (χ2v) is 8.16. The quantitative estimate of drug-likeness (QED) is 0.634. The van der Waals surface area contributed by atoms with Gasteiger partial charge in [0.1, 0.15) is 0 Å². The predicted molar refractivity (Wildman–Crippen MR) is 119 cm³/mol. The van der Waals surface area contributed by atoms with Gasteiger partial charge in [0.25, 0.3) is 0 Å². The van der Waals surface area contributed by atoms with Crippen LogP contribution in [0.15, 0.2) is 55.0 Å². The molecule has 0 unspecified atom stereocenters. The summed E-state index contributed by atoms with van der Waals surface area (Å²) in [4.78, 5) is 16.3. The first-order valence-electron chi connectivity index (χ1n) is 10.1. The Labute approximate surface area is 177 Å². The molecule has 0 amide bonds. The van der Waals surface area contributed by atoms with Gasteiger partial charge in [0.15, 0.2) is 0 Å². The van der Waals surface area contributed by atoms with Crippen molar-refractivity contribution < 1.29 is 0 Å². The number of hydrogen-bond donors (Lipinski definition) is 1. The first kappa shape index (κ1) is 19.8. The Morgan fingerprint density at radius 3 is 2.59 bits per heavy atom. The molecule has 1 aliphatic rings. The number of pyridine rings is 1. The van der Waals surface area contributed by atoms with Crippen LogP contribution in [0.4, 0.5) is 5.95 Å². The largest absolute Gasteiger partial charge is 0.337 e. The molecule has 1 atom stereocenters. The Bertz CT molecular complexity index is 943. The van der Waals surface area contributed by atoms with Gasteiger partial charge in [0.05, 0.1) is 5.69 Å². The Hall–Kier alpha value is -2.50. The second kappa shape index (κ2) is 8.89. The molecule has 0 aliphatic carbocycles. The molecule has 3 heterocycles. The van der Waals surface area contributed by atoms with Crippen molar-refractivity contribution in [3.8, 4) is 22.4 Å². The van der Waals surface area contributed by atoms with E-state index in [1.165, 1.54) is 0 Å². The Morgan fingerprint density at radius 2 is 1.86 bits per heavy atom. The van der Waals surface area contributed by atoms with Crippen molar-refractivity contribution in [1.82, 2.24) is 20.3 Å². The van der Waals surface area contributed by atoms with E-state index in [9.17, 15) is 0 Å². The maximum atomic E-state index is 6.08. The molecule has 6 heteroatoms. The number of nitrogens with zero attached hydrogens (tertiary/aromatic N) is 4. The lowest BCUT2D eigenvalue weighted by Gasteiger charge is -2.26. The summed E-state index contributed by atoms with van der Waals surface area (Å²) in [5.74, 6) is 0.794. The summed E-state index contributed by atoms with van der Waals surface area (Å²) in [7, 11) is 0. The van der Waals surface area contributed by atoms with E-state index in [1.54, 1.807) is 12.4 Å². The van der Waals surface area contributed by atoms with Crippen LogP contribution < -0.4 is 10.2 Å². The van der Waals surface area contributed by atoms with Crippen molar-refractivity contribution in [1.29, 1.82) is 0 Å². The van der Waals surface area contributed by atoms with Gasteiger partial charge in [-0.15, -0.1) is 0 Å². The zero-order chi connectivity index (χ0) is 20.2. The number of anilines is 1. The predicted octanol–water partition coefficient (Wildman–Crippen LogP) is 4.83. The van der Waals surface area contributed by atoms with E-state index in [4.69, 9.17) is 21.6 Å². The van der Waals surface area contributed by atoms with Crippen molar-refractivity contribution in [2.75, 3.05) is 18.0 Å². The standard InChI is InChI=1S/C23H26ClN5/c1-16(2)26-14-20-4-3-13-29(20)23-27-15-21(17-5-7-19(24)8-6-17)22(28-23)18-9-11-25-12-10-18/h5-12,15-16,20,26H,3-4,13-14H2,1-2H3/t20-/m1/s1. The van der Waals surface area contributed by atoms with Gasteiger partial charge in [-0.2, -0.15) is 0 Å². The van der Waals surface area contributed by atoms with Gasteiger partial charge in [-0.1, -0.05) is 37.6 Å². The molecule has 1 saturated heterocycles. The van der Waals surface area contributed by atoms with Gasteiger partial charge >= 0.3 is 0 Å². The smallest absolute Gasteiger partial charge is 0.226 e. The van der Waals surface area contributed by atoms with Crippen molar-refractivity contribution in [3.63, 3.8) is 0 Å². The van der Waals surface area contributed by atoms with Gasteiger partial charge in [0.2, 0.25) is 5.95 Å². The third-order valence-electron chi connectivity index (χ3n) is 5.28. The number of hydrogen-bond acceptors (Lipinski definition) is 5. The Kier molecular flexibility index (Phi) is 6.07. The van der Waals surface area contributed by atoms with Gasteiger partial charge < -0.3 is 10.2 Å². The molecule has 29 heavy (non-hydrogen) atoms. The van der Waals surface area contributed by atoms with E-state index in [0.717, 1.165) is 54.3 Å². The lowest BCUT2D eigenvalue weighted by Crippen LogP contribution is -2.41. The SMILES string of the molecule is CC(C)NC[C@H]1CCCN1c1ncc(-c2ccc(Cl)cc2)c(-c2ccncc2)n1. The first-order chi connectivity index (χ1) is 14.1. The zero-order valence-electron chi connectivity index (χ0n) is 16.8. The van der Waals surface area contributed by atoms with Crippen LogP contribution in [-0.4, -0.2) is 40.1 Å². The van der Waals surface area contributed by atoms with Crippen molar-refractivity contribution >= 4 is 17.5 Å². The summed E-state index contributed by atoms with van der Waals surface area (Å²) in [5.41, 5.74) is 3.99. The molecule has 0 saturated carbocycles. The summed E-state index contributed by atoms with van der Waals surface area (Å²) >= 11 is 6.08. The maximum absolute atomic E-state index is 6.08. The number of benzene rings is 1. The van der Waals surface area contributed by atoms with Crippen LogP contribution >= 0.6 is 11.6 Å². The van der Waals surface area contributed by atoms with Crippen LogP contribution in [0, 0.1) is 0 Å². The van der Waals surface area contributed by atoms with Crippen molar-refractivity contribution in [2.24, 2.45) is 0 Å². The highest BCUT2D eigenvalue weighted by molar-refractivity contribution is 6.30. The topological polar surface area (TPSA) is 53.9 Å². The molecule has 5 nitrogen and oxygen atoms in total. The molecule has 0 radical (unpaired) electrons. The van der Waals surface area contributed by atoms with Crippen molar-refractivity contribution in [2.45, 2.75) is 38.8 Å². The van der Waals surface area contributed by atoms with Gasteiger partial charge in [0, 0.05) is 59.9 Å². The summed E-state index contributed by atoms with van der Waals surface area (Å²) in [5, 5.41) is 4.27. The molecule has 0 bridgehead atoms. The minimum atomic E-state index is 0.420. The van der Waals surface area contributed by atoms with Crippen LogP contribution in [-0.2, 0) is 0 Å². The lowest BCUT2D eigenvalue weighted by molar-refractivity contribution is 0.520. The molecule has 3 aromatic rings. The maximum Gasteiger partial charge on any atom is 0.226 e. The molecule has 150 valence electrons. The van der Waals surface area contributed by atoms with E-state index in [0.29, 0.717) is 17.1 Å². The third kappa shape index (κ3) is 4.57. The molecular formula is C23H26ClN5. The first-order valence-corrected chi connectivity index (χ1v) is 10.5.